The molecular weight excluding hydrogens is 148 g/mol. The van der Waals surface area contributed by atoms with Crippen LogP contribution in [0.2, 0.25) is 0 Å². The van der Waals surface area contributed by atoms with E-state index in [-0.39, 0.29) is 12.4 Å². The number of carboxylic acids is 1. The number of hydrogen-bond acceptors (Lipinski definition) is 3. The van der Waals surface area contributed by atoms with Gasteiger partial charge in [0.15, 0.2) is 0 Å². The summed E-state index contributed by atoms with van der Waals surface area (Å²) in [5, 5.41) is 7.72. The van der Waals surface area contributed by atoms with E-state index in [0.29, 0.717) is 6.42 Å². The van der Waals surface area contributed by atoms with E-state index in [9.17, 15) is 9.59 Å². The van der Waals surface area contributed by atoms with Crippen molar-refractivity contribution in [2.45, 2.75) is 19.8 Å². The summed E-state index contributed by atoms with van der Waals surface area (Å²) in [5.41, 5.74) is 0. The van der Waals surface area contributed by atoms with Crippen LogP contribution in [0, 0.1) is 0 Å². The lowest BCUT2D eigenvalue weighted by Gasteiger charge is -1.78. The molecule has 0 spiro atoms. The van der Waals surface area contributed by atoms with Crippen molar-refractivity contribution in [2.75, 3.05) is 0 Å². The van der Waals surface area contributed by atoms with E-state index in [1.54, 1.807) is 13.0 Å². The quantitative estimate of drug-likeness (QED) is 0.576. The average molecular weight is 158 g/mol. The predicted octanol–water partition coefficient (Wildman–Crippen LogP) is 0.928. The molecule has 1 heterocycles. The highest BCUT2D eigenvalue weighted by atomic mass is 16.5. The number of carboxylic acid groups (broad SMARTS) is 1. The summed E-state index contributed by atoms with van der Waals surface area (Å²) in [6, 6.07) is 0. The number of rotatable bonds is 1. The van der Waals surface area contributed by atoms with Gasteiger partial charge in [-0.15, -0.1) is 0 Å². The van der Waals surface area contributed by atoms with Gasteiger partial charge in [0.1, 0.15) is 0 Å². The molecule has 0 saturated heterocycles. The van der Waals surface area contributed by atoms with E-state index in [2.05, 4.69) is 4.74 Å². The van der Waals surface area contributed by atoms with Crippen molar-refractivity contribution in [3.63, 3.8) is 0 Å². The highest BCUT2D eigenvalue weighted by Gasteiger charge is 2.00. The van der Waals surface area contributed by atoms with Crippen molar-refractivity contribution in [3.05, 3.63) is 12.3 Å². The number of aliphatic carboxylic acids is 1. The molecule has 0 aliphatic carbocycles. The zero-order valence-corrected chi connectivity index (χ0v) is 6.24. The highest BCUT2D eigenvalue weighted by molar-refractivity contribution is 5.73. The summed E-state index contributed by atoms with van der Waals surface area (Å²) in [6.07, 6.45) is 3.75. The number of hydrogen-bond donors (Lipinski definition) is 1. The summed E-state index contributed by atoms with van der Waals surface area (Å²) < 4.78 is 4.33. The van der Waals surface area contributed by atoms with Crippen molar-refractivity contribution in [1.82, 2.24) is 0 Å². The fraction of sp³-hybridized carbons (Fsp3) is 0.429. The van der Waals surface area contributed by atoms with E-state index in [1.165, 1.54) is 6.26 Å². The molecule has 0 aromatic carbocycles. The van der Waals surface area contributed by atoms with Gasteiger partial charge in [-0.2, -0.15) is 0 Å². The zero-order chi connectivity index (χ0) is 8.69. The molecule has 4 nitrogen and oxygen atoms in total. The lowest BCUT2D eigenvalue weighted by atomic mass is 10.5. The third-order valence-corrected chi connectivity index (χ3v) is 0.883. The van der Waals surface area contributed by atoms with E-state index >= 15 is 0 Å². The summed E-state index contributed by atoms with van der Waals surface area (Å²) in [7, 11) is 0. The second kappa shape index (κ2) is 5.46. The minimum absolute atomic E-state index is 0.157. The van der Waals surface area contributed by atoms with E-state index in [0.717, 1.165) is 0 Å². The van der Waals surface area contributed by atoms with Gasteiger partial charge in [0.2, 0.25) is 0 Å². The molecule has 1 rings (SSSR count). The lowest BCUT2D eigenvalue weighted by Crippen LogP contribution is -1.87. The average Bonchev–Trinajstić information content (AvgIpc) is 2.41. The minimum atomic E-state index is -0.745. The molecule has 1 N–H and O–H groups in total. The second-order valence-corrected chi connectivity index (χ2v) is 1.81. The van der Waals surface area contributed by atoms with Gasteiger partial charge in [-0.1, -0.05) is 6.92 Å². The summed E-state index contributed by atoms with van der Waals surface area (Å²) in [5.74, 6) is -0.903. The first kappa shape index (κ1) is 9.68. The lowest BCUT2D eigenvalue weighted by molar-refractivity contribution is -0.137. The Bertz CT molecular complexity index is 161. The SMILES string of the molecule is CCC(=O)O.O=C1CC=CO1. The van der Waals surface area contributed by atoms with Crippen molar-refractivity contribution >= 4 is 11.9 Å². The van der Waals surface area contributed by atoms with Gasteiger partial charge in [-0.3, -0.25) is 9.59 Å². The topological polar surface area (TPSA) is 63.6 Å². The van der Waals surface area contributed by atoms with Crippen LogP contribution < -0.4 is 0 Å². The van der Waals surface area contributed by atoms with Crippen molar-refractivity contribution in [1.29, 1.82) is 0 Å². The van der Waals surface area contributed by atoms with Crippen LogP contribution >= 0.6 is 0 Å². The molecule has 0 aromatic heterocycles. The molecule has 11 heavy (non-hydrogen) atoms. The van der Waals surface area contributed by atoms with Gasteiger partial charge in [0.05, 0.1) is 12.7 Å². The Morgan fingerprint density at radius 1 is 1.82 bits per heavy atom. The first-order chi connectivity index (χ1) is 5.16. The molecule has 0 radical (unpaired) electrons. The maximum Gasteiger partial charge on any atom is 0.314 e. The smallest absolute Gasteiger partial charge is 0.314 e. The van der Waals surface area contributed by atoms with E-state index in [1.807, 2.05) is 0 Å². The Morgan fingerprint density at radius 3 is 2.45 bits per heavy atom. The van der Waals surface area contributed by atoms with Crippen LogP contribution in [0.1, 0.15) is 19.8 Å². The molecule has 0 bridgehead atoms. The van der Waals surface area contributed by atoms with E-state index in [4.69, 9.17) is 5.11 Å². The van der Waals surface area contributed by atoms with Gasteiger partial charge in [0, 0.05) is 6.42 Å². The molecule has 0 atom stereocenters. The third-order valence-electron chi connectivity index (χ3n) is 0.883. The number of carbonyl (C=O) groups excluding carboxylic acids is 1. The largest absolute Gasteiger partial charge is 0.481 e. The number of esters is 1. The Labute approximate surface area is 64.5 Å². The fourth-order valence-corrected chi connectivity index (χ4v) is 0.316. The maximum atomic E-state index is 9.96. The van der Waals surface area contributed by atoms with Gasteiger partial charge < -0.3 is 9.84 Å². The molecular formula is C7H10O4. The molecule has 1 aliphatic rings. The second-order valence-electron chi connectivity index (χ2n) is 1.81. The Morgan fingerprint density at radius 2 is 2.36 bits per heavy atom. The highest BCUT2D eigenvalue weighted by Crippen LogP contribution is 1.96. The first-order valence-corrected chi connectivity index (χ1v) is 3.23. The standard InChI is InChI=1S/C4H4O2.C3H6O2/c5-4-2-1-3-6-4;1-2-3(4)5/h1,3H,2H2;2H2,1H3,(H,4,5). The molecule has 0 saturated carbocycles. The summed E-state index contributed by atoms with van der Waals surface area (Å²) >= 11 is 0. The minimum Gasteiger partial charge on any atom is -0.481 e. The Hall–Kier alpha value is -1.32. The fourth-order valence-electron chi connectivity index (χ4n) is 0.316. The number of cyclic esters (lactones) is 1. The van der Waals surface area contributed by atoms with Gasteiger partial charge in [0.25, 0.3) is 0 Å². The van der Waals surface area contributed by atoms with Crippen molar-refractivity contribution in [3.8, 4) is 0 Å². The van der Waals surface area contributed by atoms with Crippen LogP contribution in [0.5, 0.6) is 0 Å². The van der Waals surface area contributed by atoms with E-state index < -0.39 is 5.97 Å². The van der Waals surface area contributed by atoms with Gasteiger partial charge in [-0.25, -0.2) is 0 Å². The Kier molecular flexibility index (Phi) is 4.81. The maximum absolute atomic E-state index is 9.96. The summed E-state index contributed by atoms with van der Waals surface area (Å²) in [4.78, 5) is 19.3. The normalized spacial score (nSPS) is 13.4. The number of carbonyl (C=O) groups is 2. The van der Waals surface area contributed by atoms with Crippen LogP contribution in [-0.2, 0) is 14.3 Å². The molecule has 0 unspecified atom stereocenters. The third kappa shape index (κ3) is 6.57. The Balaban J connectivity index is 0.000000187. The van der Waals surface area contributed by atoms with Crippen molar-refractivity contribution < 1.29 is 19.4 Å². The van der Waals surface area contributed by atoms with Crippen LogP contribution in [0.25, 0.3) is 0 Å². The molecule has 0 aromatic rings. The van der Waals surface area contributed by atoms with Gasteiger partial charge in [-0.05, 0) is 6.08 Å². The number of ether oxygens (including phenoxy) is 1. The predicted molar refractivity (Wildman–Crippen MR) is 37.8 cm³/mol. The molecule has 1 aliphatic heterocycles. The first-order valence-electron chi connectivity index (χ1n) is 3.23. The van der Waals surface area contributed by atoms with Crippen LogP contribution in [-0.4, -0.2) is 17.0 Å². The van der Waals surface area contributed by atoms with Crippen LogP contribution in [0.3, 0.4) is 0 Å². The van der Waals surface area contributed by atoms with Crippen LogP contribution in [0.15, 0.2) is 12.3 Å². The molecule has 4 heteroatoms. The molecule has 0 amide bonds. The molecule has 0 fully saturated rings. The van der Waals surface area contributed by atoms with Crippen molar-refractivity contribution in [2.24, 2.45) is 0 Å². The van der Waals surface area contributed by atoms with Gasteiger partial charge >= 0.3 is 11.9 Å². The summed E-state index contributed by atoms with van der Waals surface area (Å²) in [6.45, 7) is 1.60. The monoisotopic (exact) mass is 158 g/mol. The van der Waals surface area contributed by atoms with Crippen LogP contribution in [0.4, 0.5) is 0 Å². The zero-order valence-electron chi connectivity index (χ0n) is 6.24. The molecule has 62 valence electrons.